The zero-order valence-corrected chi connectivity index (χ0v) is 7.88. The fourth-order valence-corrected chi connectivity index (χ4v) is 0.548. The van der Waals surface area contributed by atoms with Crippen molar-refractivity contribution in [3.63, 3.8) is 0 Å². The van der Waals surface area contributed by atoms with Gasteiger partial charge in [0, 0.05) is 5.92 Å². The highest BCUT2D eigenvalue weighted by Gasteiger charge is 2.05. The SMILES string of the molecule is CC.Cc1noc(C(C)C)n1. The van der Waals surface area contributed by atoms with Crippen molar-refractivity contribution >= 4 is 0 Å². The van der Waals surface area contributed by atoms with Crippen LogP contribution in [-0.4, -0.2) is 10.1 Å². The maximum absolute atomic E-state index is 4.86. The van der Waals surface area contributed by atoms with Crippen LogP contribution >= 0.6 is 0 Å². The molecule has 1 rings (SSSR count). The van der Waals surface area contributed by atoms with Crippen LogP contribution in [0.25, 0.3) is 0 Å². The summed E-state index contributed by atoms with van der Waals surface area (Å²) in [6.07, 6.45) is 0. The van der Waals surface area contributed by atoms with Gasteiger partial charge in [-0.1, -0.05) is 32.9 Å². The lowest BCUT2D eigenvalue weighted by Gasteiger charge is -1.91. The van der Waals surface area contributed by atoms with Crippen LogP contribution in [0, 0.1) is 6.92 Å². The molecule has 0 N–H and O–H groups in total. The molecular weight excluding hydrogens is 140 g/mol. The smallest absolute Gasteiger partial charge is 0.229 e. The van der Waals surface area contributed by atoms with Crippen molar-refractivity contribution in [2.45, 2.75) is 40.5 Å². The zero-order valence-electron chi connectivity index (χ0n) is 7.88. The molecule has 0 radical (unpaired) electrons. The van der Waals surface area contributed by atoms with Gasteiger partial charge in [-0.3, -0.25) is 0 Å². The molecule has 0 saturated heterocycles. The number of hydrogen-bond donors (Lipinski definition) is 0. The second kappa shape index (κ2) is 4.88. The average molecular weight is 156 g/mol. The van der Waals surface area contributed by atoms with Crippen molar-refractivity contribution < 1.29 is 4.52 Å². The van der Waals surface area contributed by atoms with Gasteiger partial charge >= 0.3 is 0 Å². The zero-order chi connectivity index (χ0) is 8.85. The molecule has 64 valence electrons. The van der Waals surface area contributed by atoms with E-state index in [-0.39, 0.29) is 0 Å². The van der Waals surface area contributed by atoms with Crippen LogP contribution in [-0.2, 0) is 0 Å². The lowest BCUT2D eigenvalue weighted by molar-refractivity contribution is 0.362. The normalized spacial score (nSPS) is 9.27. The van der Waals surface area contributed by atoms with E-state index in [1.54, 1.807) is 0 Å². The number of aromatic nitrogens is 2. The first kappa shape index (κ1) is 10.1. The molecule has 0 aromatic carbocycles. The van der Waals surface area contributed by atoms with Crippen molar-refractivity contribution in [1.29, 1.82) is 0 Å². The van der Waals surface area contributed by atoms with E-state index in [0.29, 0.717) is 17.6 Å². The van der Waals surface area contributed by atoms with Gasteiger partial charge in [0.2, 0.25) is 5.89 Å². The van der Waals surface area contributed by atoms with Crippen molar-refractivity contribution in [3.8, 4) is 0 Å². The van der Waals surface area contributed by atoms with E-state index >= 15 is 0 Å². The Morgan fingerprint density at radius 2 is 1.82 bits per heavy atom. The molecule has 0 aliphatic rings. The van der Waals surface area contributed by atoms with E-state index in [4.69, 9.17) is 4.52 Å². The standard InChI is InChI=1S/C6H10N2O.C2H6/c1-4(2)6-7-5(3)8-9-6;1-2/h4H,1-3H3;1-2H3. The molecule has 1 aromatic rings. The van der Waals surface area contributed by atoms with Crippen LogP contribution in [0.2, 0.25) is 0 Å². The van der Waals surface area contributed by atoms with Crippen molar-refractivity contribution in [3.05, 3.63) is 11.7 Å². The third-order valence-corrected chi connectivity index (χ3v) is 1.04. The highest BCUT2D eigenvalue weighted by molar-refractivity contribution is 4.87. The summed E-state index contributed by atoms with van der Waals surface area (Å²) in [5, 5.41) is 3.65. The van der Waals surface area contributed by atoms with Crippen LogP contribution in [0.1, 0.15) is 45.3 Å². The van der Waals surface area contributed by atoms with E-state index < -0.39 is 0 Å². The fraction of sp³-hybridized carbons (Fsp3) is 0.750. The van der Waals surface area contributed by atoms with Crippen LogP contribution < -0.4 is 0 Å². The minimum absolute atomic E-state index is 0.339. The lowest BCUT2D eigenvalue weighted by Crippen LogP contribution is -1.85. The molecular formula is C8H16N2O. The van der Waals surface area contributed by atoms with Gasteiger partial charge in [0.05, 0.1) is 0 Å². The van der Waals surface area contributed by atoms with Crippen molar-refractivity contribution in [1.82, 2.24) is 10.1 Å². The Balaban J connectivity index is 0.000000461. The fourth-order valence-electron chi connectivity index (χ4n) is 0.548. The first-order valence-electron chi connectivity index (χ1n) is 4.00. The molecule has 0 aliphatic carbocycles. The lowest BCUT2D eigenvalue weighted by atomic mass is 10.2. The minimum atomic E-state index is 0.339. The molecule has 0 amide bonds. The molecule has 3 nitrogen and oxygen atoms in total. The van der Waals surface area contributed by atoms with E-state index in [9.17, 15) is 0 Å². The summed E-state index contributed by atoms with van der Waals surface area (Å²) in [5.74, 6) is 1.76. The molecule has 1 aromatic heterocycles. The molecule has 0 saturated carbocycles. The minimum Gasteiger partial charge on any atom is -0.339 e. The molecule has 0 spiro atoms. The van der Waals surface area contributed by atoms with E-state index in [1.807, 2.05) is 34.6 Å². The van der Waals surface area contributed by atoms with Gasteiger partial charge in [0.1, 0.15) is 0 Å². The first-order valence-corrected chi connectivity index (χ1v) is 4.00. The molecule has 0 atom stereocenters. The predicted octanol–water partition coefficient (Wildman–Crippen LogP) is 2.53. The molecule has 1 heterocycles. The largest absolute Gasteiger partial charge is 0.339 e. The maximum atomic E-state index is 4.86. The van der Waals surface area contributed by atoms with Gasteiger partial charge in [-0.25, -0.2) is 0 Å². The third kappa shape index (κ3) is 3.16. The Morgan fingerprint density at radius 1 is 1.27 bits per heavy atom. The van der Waals surface area contributed by atoms with Crippen molar-refractivity contribution in [2.75, 3.05) is 0 Å². The molecule has 0 aliphatic heterocycles. The summed E-state index contributed by atoms with van der Waals surface area (Å²) >= 11 is 0. The van der Waals surface area contributed by atoms with Crippen LogP contribution in [0.4, 0.5) is 0 Å². The Bertz CT molecular complexity index is 194. The van der Waals surface area contributed by atoms with E-state index in [0.717, 1.165) is 0 Å². The Hall–Kier alpha value is -0.860. The van der Waals surface area contributed by atoms with Crippen LogP contribution in [0.5, 0.6) is 0 Å². The maximum Gasteiger partial charge on any atom is 0.229 e. The molecule has 3 heteroatoms. The Kier molecular flexibility index (Phi) is 4.50. The van der Waals surface area contributed by atoms with Gasteiger partial charge in [0.15, 0.2) is 5.82 Å². The highest BCUT2D eigenvalue weighted by Crippen LogP contribution is 2.09. The van der Waals surface area contributed by atoms with Gasteiger partial charge in [-0.05, 0) is 6.92 Å². The van der Waals surface area contributed by atoms with Crippen LogP contribution in [0.3, 0.4) is 0 Å². The topological polar surface area (TPSA) is 38.9 Å². The number of nitrogens with zero attached hydrogens (tertiary/aromatic N) is 2. The highest BCUT2D eigenvalue weighted by atomic mass is 16.5. The van der Waals surface area contributed by atoms with E-state index in [1.165, 1.54) is 0 Å². The number of aryl methyl sites for hydroxylation is 1. The summed E-state index contributed by atoms with van der Waals surface area (Å²) in [6.45, 7) is 9.86. The Morgan fingerprint density at radius 3 is 2.00 bits per heavy atom. The monoisotopic (exact) mass is 156 g/mol. The van der Waals surface area contributed by atoms with Crippen molar-refractivity contribution in [2.24, 2.45) is 0 Å². The van der Waals surface area contributed by atoms with Crippen LogP contribution in [0.15, 0.2) is 4.52 Å². The van der Waals surface area contributed by atoms with Gasteiger partial charge in [-0.15, -0.1) is 0 Å². The third-order valence-electron chi connectivity index (χ3n) is 1.04. The molecule has 11 heavy (non-hydrogen) atoms. The molecule has 0 unspecified atom stereocenters. The van der Waals surface area contributed by atoms with E-state index in [2.05, 4.69) is 10.1 Å². The summed E-state index contributed by atoms with van der Waals surface area (Å²) in [6, 6.07) is 0. The van der Waals surface area contributed by atoms with Gasteiger partial charge < -0.3 is 4.52 Å². The number of rotatable bonds is 1. The Labute approximate surface area is 67.8 Å². The second-order valence-corrected chi connectivity index (χ2v) is 2.33. The summed E-state index contributed by atoms with van der Waals surface area (Å²) in [4.78, 5) is 4.03. The first-order chi connectivity index (χ1) is 5.20. The molecule has 0 bridgehead atoms. The summed E-state index contributed by atoms with van der Waals surface area (Å²) in [5.41, 5.74) is 0. The van der Waals surface area contributed by atoms with Gasteiger partial charge in [-0.2, -0.15) is 4.98 Å². The summed E-state index contributed by atoms with van der Waals surface area (Å²) < 4.78 is 4.86. The molecule has 0 fully saturated rings. The second-order valence-electron chi connectivity index (χ2n) is 2.33. The van der Waals surface area contributed by atoms with Gasteiger partial charge in [0.25, 0.3) is 0 Å². The quantitative estimate of drug-likeness (QED) is 0.627. The summed E-state index contributed by atoms with van der Waals surface area (Å²) in [7, 11) is 0. The average Bonchev–Trinajstić information content (AvgIpc) is 2.40. The predicted molar refractivity (Wildman–Crippen MR) is 44.5 cm³/mol. The number of hydrogen-bond acceptors (Lipinski definition) is 3.